The van der Waals surface area contributed by atoms with E-state index in [0.717, 1.165) is 6.20 Å². The normalized spacial score (nSPS) is 13.2. The van der Waals surface area contributed by atoms with E-state index in [-0.39, 0.29) is 18.1 Å². The largest absolute Gasteiger partial charge is 0.502 e. The Balaban J connectivity index is 1.94. The Hall–Kier alpha value is -3.76. The Morgan fingerprint density at radius 3 is 2.78 bits per heavy atom. The lowest BCUT2D eigenvalue weighted by Gasteiger charge is -2.39. The minimum Gasteiger partial charge on any atom is -0.502 e. The molecule has 0 bridgehead atoms. The summed E-state index contributed by atoms with van der Waals surface area (Å²) in [5, 5.41) is 14.5. The van der Waals surface area contributed by atoms with Crippen LogP contribution in [0.3, 0.4) is 0 Å². The number of aromatic hydroxyl groups is 1. The Kier molecular flexibility index (Phi) is 6.86. The van der Waals surface area contributed by atoms with E-state index in [1.165, 1.54) is 15.8 Å². The van der Waals surface area contributed by atoms with Crippen LogP contribution in [-0.4, -0.2) is 51.2 Å². The van der Waals surface area contributed by atoms with E-state index >= 15 is 0 Å². The first-order valence-corrected chi connectivity index (χ1v) is 10.0. The van der Waals surface area contributed by atoms with Crippen LogP contribution in [0.1, 0.15) is 46.3 Å². The number of hydrogen-bond donors (Lipinski definition) is 2. The number of allylic oxidation sites excluding steroid dienone is 1. The SMILES string of the molecule is C=CCCCN1CN(CC)C(=O)c2c(O)c(=O)c(C(=O)NCc3ncc(F)cc3F)cn21. The van der Waals surface area contributed by atoms with Gasteiger partial charge in [0.05, 0.1) is 18.4 Å². The van der Waals surface area contributed by atoms with E-state index in [9.17, 15) is 28.3 Å². The van der Waals surface area contributed by atoms with E-state index in [0.29, 0.717) is 32.0 Å². The molecule has 32 heavy (non-hydrogen) atoms. The maximum Gasteiger partial charge on any atom is 0.277 e. The molecule has 3 heterocycles. The first-order valence-electron chi connectivity index (χ1n) is 10.0. The molecule has 11 heteroatoms. The van der Waals surface area contributed by atoms with Gasteiger partial charge in [0.15, 0.2) is 11.4 Å². The van der Waals surface area contributed by atoms with Gasteiger partial charge in [-0.15, -0.1) is 6.58 Å². The lowest BCUT2D eigenvalue weighted by atomic mass is 10.1. The topological polar surface area (TPSA) is 108 Å². The summed E-state index contributed by atoms with van der Waals surface area (Å²) in [6.45, 7) is 6.08. The standard InChI is InChI=1S/C21H23F2N5O4/c1-3-5-6-7-27-12-26(4-2)21(32)17-19(30)18(29)14(11-28(17)27)20(31)25-10-16-15(23)8-13(22)9-24-16/h3,8-9,11,30H,1,4-7,10,12H2,2H3,(H,25,31). The van der Waals surface area contributed by atoms with Crippen molar-refractivity contribution in [2.24, 2.45) is 0 Å². The molecule has 2 amide bonds. The van der Waals surface area contributed by atoms with Crippen LogP contribution in [0.4, 0.5) is 8.78 Å². The van der Waals surface area contributed by atoms with E-state index in [1.807, 2.05) is 0 Å². The number of rotatable bonds is 8. The van der Waals surface area contributed by atoms with Gasteiger partial charge in [-0.25, -0.2) is 8.78 Å². The Morgan fingerprint density at radius 1 is 1.38 bits per heavy atom. The molecule has 0 aliphatic carbocycles. The van der Waals surface area contributed by atoms with Gasteiger partial charge in [-0.05, 0) is 19.8 Å². The zero-order valence-corrected chi connectivity index (χ0v) is 17.5. The molecule has 0 saturated heterocycles. The Labute approximate surface area is 182 Å². The zero-order chi connectivity index (χ0) is 23.4. The fourth-order valence-electron chi connectivity index (χ4n) is 3.32. The molecule has 9 nitrogen and oxygen atoms in total. The highest BCUT2D eigenvalue weighted by Crippen LogP contribution is 2.21. The molecular weight excluding hydrogens is 424 g/mol. The van der Waals surface area contributed by atoms with Gasteiger partial charge >= 0.3 is 0 Å². The smallest absolute Gasteiger partial charge is 0.277 e. The second-order valence-electron chi connectivity index (χ2n) is 7.14. The monoisotopic (exact) mass is 447 g/mol. The number of nitrogens with zero attached hydrogens (tertiary/aromatic N) is 4. The third-order valence-corrected chi connectivity index (χ3v) is 5.04. The minimum atomic E-state index is -1.03. The molecule has 0 unspecified atom stereocenters. The first-order chi connectivity index (χ1) is 15.3. The van der Waals surface area contributed by atoms with Crippen LogP contribution < -0.4 is 15.8 Å². The van der Waals surface area contributed by atoms with Crippen LogP contribution in [0.2, 0.25) is 0 Å². The van der Waals surface area contributed by atoms with Crippen LogP contribution in [-0.2, 0) is 6.54 Å². The third-order valence-electron chi connectivity index (χ3n) is 5.04. The summed E-state index contributed by atoms with van der Waals surface area (Å²) in [6.07, 6.45) is 5.13. The third kappa shape index (κ3) is 4.46. The van der Waals surface area contributed by atoms with Crippen molar-refractivity contribution in [3.8, 4) is 5.75 Å². The number of hydrogen-bond acceptors (Lipinski definition) is 6. The predicted octanol–water partition coefficient (Wildman–Crippen LogP) is 1.49. The van der Waals surface area contributed by atoms with Crippen molar-refractivity contribution in [1.82, 2.24) is 19.9 Å². The van der Waals surface area contributed by atoms with Gasteiger partial charge in [0.2, 0.25) is 5.43 Å². The maximum absolute atomic E-state index is 13.8. The summed E-state index contributed by atoms with van der Waals surface area (Å²) in [7, 11) is 0. The number of pyridine rings is 2. The molecule has 2 aromatic heterocycles. The summed E-state index contributed by atoms with van der Waals surface area (Å²) in [6, 6.07) is 0.625. The Bertz CT molecular complexity index is 1120. The Morgan fingerprint density at radius 2 is 2.12 bits per heavy atom. The summed E-state index contributed by atoms with van der Waals surface area (Å²) in [5.74, 6) is -4.10. The molecule has 2 N–H and O–H groups in total. The van der Waals surface area contributed by atoms with Gasteiger partial charge < -0.3 is 15.3 Å². The number of fused-ring (bicyclic) bond motifs is 1. The van der Waals surface area contributed by atoms with Crippen molar-refractivity contribution >= 4 is 11.8 Å². The van der Waals surface area contributed by atoms with Crippen molar-refractivity contribution < 1.29 is 23.5 Å². The highest BCUT2D eigenvalue weighted by atomic mass is 19.1. The molecule has 3 rings (SSSR count). The molecule has 1 aliphatic rings. The molecular formula is C21H23F2N5O4. The number of carbonyl (C=O) groups excluding carboxylic acids is 2. The molecule has 0 aromatic carbocycles. The van der Waals surface area contributed by atoms with E-state index in [2.05, 4.69) is 16.9 Å². The summed E-state index contributed by atoms with van der Waals surface area (Å²) < 4.78 is 28.1. The summed E-state index contributed by atoms with van der Waals surface area (Å²) >= 11 is 0. The van der Waals surface area contributed by atoms with Gasteiger partial charge in [0.1, 0.15) is 23.9 Å². The number of halogens is 2. The zero-order valence-electron chi connectivity index (χ0n) is 17.5. The first kappa shape index (κ1) is 22.9. The lowest BCUT2D eigenvalue weighted by molar-refractivity contribution is 0.0695. The van der Waals surface area contributed by atoms with Crippen molar-refractivity contribution in [3.05, 3.63) is 69.9 Å². The van der Waals surface area contributed by atoms with Gasteiger partial charge in [-0.2, -0.15) is 0 Å². The van der Waals surface area contributed by atoms with Crippen LogP contribution in [0.15, 0.2) is 35.9 Å². The number of carbonyl (C=O) groups is 2. The van der Waals surface area contributed by atoms with Crippen molar-refractivity contribution in [2.45, 2.75) is 26.3 Å². The molecule has 0 atom stereocenters. The maximum atomic E-state index is 13.8. The van der Waals surface area contributed by atoms with Gasteiger partial charge in [0, 0.05) is 25.4 Å². The van der Waals surface area contributed by atoms with Gasteiger partial charge in [0.25, 0.3) is 11.8 Å². The summed E-state index contributed by atoms with van der Waals surface area (Å²) in [5.41, 5.74) is -1.91. The average molecular weight is 447 g/mol. The molecule has 0 radical (unpaired) electrons. The number of unbranched alkanes of at least 4 members (excludes halogenated alkanes) is 1. The van der Waals surface area contributed by atoms with Gasteiger partial charge in [-0.3, -0.25) is 29.1 Å². The van der Waals surface area contributed by atoms with Crippen LogP contribution in [0.25, 0.3) is 0 Å². The number of aromatic nitrogens is 2. The highest BCUT2D eigenvalue weighted by Gasteiger charge is 2.33. The fourth-order valence-corrected chi connectivity index (χ4v) is 3.32. The number of nitrogens with one attached hydrogen (secondary N) is 1. The quantitative estimate of drug-likeness (QED) is 0.469. The van der Waals surface area contributed by atoms with Crippen molar-refractivity contribution in [2.75, 3.05) is 24.8 Å². The molecule has 0 saturated carbocycles. The highest BCUT2D eigenvalue weighted by molar-refractivity contribution is 5.99. The van der Waals surface area contributed by atoms with Gasteiger partial charge in [-0.1, -0.05) is 6.08 Å². The molecule has 0 spiro atoms. The second-order valence-corrected chi connectivity index (χ2v) is 7.14. The van der Waals surface area contributed by atoms with E-state index < -0.39 is 46.7 Å². The van der Waals surface area contributed by atoms with Crippen LogP contribution in [0, 0.1) is 11.6 Å². The number of amides is 2. The predicted molar refractivity (Wildman–Crippen MR) is 112 cm³/mol. The lowest BCUT2D eigenvalue weighted by Crippen LogP contribution is -2.54. The van der Waals surface area contributed by atoms with Crippen molar-refractivity contribution in [1.29, 1.82) is 0 Å². The minimum absolute atomic E-state index is 0.202. The molecule has 2 aromatic rings. The average Bonchev–Trinajstić information content (AvgIpc) is 2.76. The molecule has 0 fully saturated rings. The molecule has 1 aliphatic heterocycles. The van der Waals surface area contributed by atoms with E-state index in [1.54, 1.807) is 18.0 Å². The van der Waals surface area contributed by atoms with Crippen LogP contribution in [0.5, 0.6) is 5.75 Å². The van der Waals surface area contributed by atoms with E-state index in [4.69, 9.17) is 0 Å². The van der Waals surface area contributed by atoms with Crippen molar-refractivity contribution in [3.63, 3.8) is 0 Å². The second kappa shape index (κ2) is 9.58. The molecule has 170 valence electrons. The van der Waals surface area contributed by atoms with Crippen LogP contribution >= 0.6 is 0 Å². The summed E-state index contributed by atoms with van der Waals surface area (Å²) in [4.78, 5) is 43.1. The fraction of sp³-hybridized carbons (Fsp3) is 0.333.